The first kappa shape index (κ1) is 21.4. The lowest BCUT2D eigenvalue weighted by molar-refractivity contribution is -0.126. The first-order valence-corrected chi connectivity index (χ1v) is 11.8. The second-order valence-electron chi connectivity index (χ2n) is 8.67. The van der Waals surface area contributed by atoms with E-state index >= 15 is 0 Å². The number of imide groups is 1. The fourth-order valence-electron chi connectivity index (χ4n) is 5.15. The van der Waals surface area contributed by atoms with Gasteiger partial charge in [0.05, 0.1) is 24.0 Å². The molecule has 2 amide bonds. The molecular weight excluding hydrogens is 440 g/mol. The van der Waals surface area contributed by atoms with Crippen LogP contribution in [0.2, 0.25) is 0 Å². The highest BCUT2D eigenvalue weighted by Crippen LogP contribution is 2.48. The predicted molar refractivity (Wildman–Crippen MR) is 134 cm³/mol. The molecule has 4 aromatic carbocycles. The van der Waals surface area contributed by atoms with Crippen molar-refractivity contribution >= 4 is 34.0 Å². The van der Waals surface area contributed by atoms with E-state index in [9.17, 15) is 9.59 Å². The minimum atomic E-state index is -0.904. The number of hydrogen-bond acceptors (Lipinski definition) is 5. The number of hydrogen-bond donors (Lipinski definition) is 0. The third-order valence-electron chi connectivity index (χ3n) is 6.67. The Bertz CT molecular complexity index is 1400. The van der Waals surface area contributed by atoms with Crippen LogP contribution in [0.3, 0.4) is 0 Å². The normalized spacial score (nSPS) is 21.6. The van der Waals surface area contributed by atoms with E-state index in [1.54, 1.807) is 29.3 Å². The van der Waals surface area contributed by atoms with Crippen LogP contribution in [0.4, 0.5) is 11.4 Å². The zero-order valence-corrected chi connectivity index (χ0v) is 19.2. The number of para-hydroxylation sites is 1. The number of amides is 2. The van der Waals surface area contributed by atoms with Crippen molar-refractivity contribution in [1.82, 2.24) is 0 Å². The van der Waals surface area contributed by atoms with E-state index in [4.69, 9.17) is 9.57 Å². The average Bonchev–Trinajstić information content (AvgIpc) is 3.41. The van der Waals surface area contributed by atoms with Gasteiger partial charge in [0.15, 0.2) is 6.10 Å². The van der Waals surface area contributed by atoms with Crippen LogP contribution in [-0.2, 0) is 14.4 Å². The van der Waals surface area contributed by atoms with Gasteiger partial charge in [-0.1, -0.05) is 60.7 Å². The Morgan fingerprint density at radius 2 is 1.49 bits per heavy atom. The van der Waals surface area contributed by atoms with E-state index < -0.39 is 18.1 Å². The molecule has 6 rings (SSSR count). The maximum Gasteiger partial charge on any atom is 0.266 e. The summed E-state index contributed by atoms with van der Waals surface area (Å²) >= 11 is 0. The third-order valence-corrected chi connectivity index (χ3v) is 6.67. The number of rotatable bonds is 5. The summed E-state index contributed by atoms with van der Waals surface area (Å²) in [4.78, 5) is 35.0. The number of hydroxylamine groups is 1. The van der Waals surface area contributed by atoms with Gasteiger partial charge in [-0.2, -0.15) is 0 Å². The van der Waals surface area contributed by atoms with Crippen LogP contribution in [0, 0.1) is 5.92 Å². The maximum atomic E-state index is 13.9. The van der Waals surface area contributed by atoms with Crippen LogP contribution in [-0.4, -0.2) is 24.5 Å². The van der Waals surface area contributed by atoms with Gasteiger partial charge in [0.2, 0.25) is 5.91 Å². The Labute approximate surface area is 203 Å². The highest BCUT2D eigenvalue weighted by atomic mass is 16.7. The maximum absolute atomic E-state index is 13.9. The molecule has 2 aliphatic rings. The zero-order valence-electron chi connectivity index (χ0n) is 19.2. The third kappa shape index (κ3) is 3.45. The van der Waals surface area contributed by atoms with Crippen molar-refractivity contribution in [1.29, 1.82) is 0 Å². The summed E-state index contributed by atoms with van der Waals surface area (Å²) < 4.78 is 5.51. The van der Waals surface area contributed by atoms with Crippen molar-refractivity contribution in [2.45, 2.75) is 19.1 Å². The summed E-state index contributed by atoms with van der Waals surface area (Å²) in [5.41, 5.74) is 2.27. The van der Waals surface area contributed by atoms with Crippen LogP contribution in [0.1, 0.15) is 18.5 Å². The molecule has 0 bridgehead atoms. The molecule has 0 unspecified atom stereocenters. The molecule has 0 radical (unpaired) electrons. The summed E-state index contributed by atoms with van der Waals surface area (Å²) in [6, 6.07) is 30.3. The molecule has 0 spiro atoms. The molecule has 174 valence electrons. The number of fused-ring (bicyclic) bond motifs is 2. The van der Waals surface area contributed by atoms with Gasteiger partial charge in [0.1, 0.15) is 11.7 Å². The van der Waals surface area contributed by atoms with Crippen molar-refractivity contribution in [2.75, 3.05) is 16.6 Å². The average molecular weight is 465 g/mol. The second-order valence-corrected chi connectivity index (χ2v) is 8.67. The van der Waals surface area contributed by atoms with Crippen molar-refractivity contribution in [3.63, 3.8) is 0 Å². The molecule has 4 aromatic rings. The molecule has 2 saturated heterocycles. The fourth-order valence-corrected chi connectivity index (χ4v) is 5.15. The number of nitrogens with zero attached hydrogens (tertiary/aromatic N) is 2. The smallest absolute Gasteiger partial charge is 0.266 e. The first-order chi connectivity index (χ1) is 17.2. The van der Waals surface area contributed by atoms with Crippen LogP contribution in [0.25, 0.3) is 10.8 Å². The van der Waals surface area contributed by atoms with E-state index in [-0.39, 0.29) is 11.8 Å². The fraction of sp³-hybridized carbons (Fsp3) is 0.172. The number of carbonyl (C=O) groups is 2. The summed E-state index contributed by atoms with van der Waals surface area (Å²) in [6.07, 6.45) is -0.904. The van der Waals surface area contributed by atoms with E-state index in [1.165, 1.54) is 4.90 Å². The van der Waals surface area contributed by atoms with Crippen LogP contribution < -0.4 is 14.7 Å². The summed E-state index contributed by atoms with van der Waals surface area (Å²) in [6.45, 7) is 2.45. The molecular formula is C29H24N2O4. The molecule has 2 fully saturated rings. The second kappa shape index (κ2) is 8.56. The highest BCUT2D eigenvalue weighted by molar-refractivity contribution is 6.24. The molecule has 6 heteroatoms. The number of benzene rings is 4. The summed E-state index contributed by atoms with van der Waals surface area (Å²) in [7, 11) is 0. The minimum Gasteiger partial charge on any atom is -0.494 e. The predicted octanol–water partition coefficient (Wildman–Crippen LogP) is 5.29. The summed E-state index contributed by atoms with van der Waals surface area (Å²) in [5.74, 6) is -0.607. The van der Waals surface area contributed by atoms with E-state index in [0.29, 0.717) is 18.0 Å². The Balaban J connectivity index is 1.45. The molecule has 0 saturated carbocycles. The Morgan fingerprint density at radius 3 is 2.26 bits per heavy atom. The van der Waals surface area contributed by atoms with E-state index in [2.05, 4.69) is 0 Å². The van der Waals surface area contributed by atoms with Gasteiger partial charge < -0.3 is 4.74 Å². The standard InChI is InChI=1S/C29H24N2O4/c1-2-34-22-17-15-20(16-18-22)30-28(32)25-26(24-14-8-10-19-9-6-7-13-23(19)24)31(35-27(25)29(30)33)21-11-4-3-5-12-21/h3-18,25-27H,2H2,1H3/t25-,26-,27-/m0/s1. The first-order valence-electron chi connectivity index (χ1n) is 11.8. The molecule has 3 atom stereocenters. The van der Waals surface area contributed by atoms with Gasteiger partial charge in [-0.05, 0) is 59.7 Å². The Kier molecular flexibility index (Phi) is 5.23. The quantitative estimate of drug-likeness (QED) is 0.376. The van der Waals surface area contributed by atoms with Gasteiger partial charge in [-0.3, -0.25) is 14.4 Å². The van der Waals surface area contributed by atoms with Gasteiger partial charge in [-0.25, -0.2) is 9.96 Å². The van der Waals surface area contributed by atoms with Crippen molar-refractivity contribution < 1.29 is 19.2 Å². The monoisotopic (exact) mass is 464 g/mol. The van der Waals surface area contributed by atoms with Gasteiger partial charge >= 0.3 is 0 Å². The molecule has 2 heterocycles. The lowest BCUT2D eigenvalue weighted by atomic mass is 9.87. The topological polar surface area (TPSA) is 59.1 Å². The molecule has 35 heavy (non-hydrogen) atoms. The lowest BCUT2D eigenvalue weighted by Gasteiger charge is -2.29. The number of anilines is 2. The Hall–Kier alpha value is -4.16. The van der Waals surface area contributed by atoms with Gasteiger partial charge in [-0.15, -0.1) is 0 Å². The molecule has 0 N–H and O–H groups in total. The lowest BCUT2D eigenvalue weighted by Crippen LogP contribution is -2.37. The SMILES string of the molecule is CCOc1ccc(N2C(=O)[C@@H]3[C@H](ON(c4ccccc4)[C@H]3c3cccc4ccccc34)C2=O)cc1. The van der Waals surface area contributed by atoms with Crippen molar-refractivity contribution in [3.05, 3.63) is 103 Å². The van der Waals surface area contributed by atoms with Gasteiger partial charge in [0.25, 0.3) is 5.91 Å². The van der Waals surface area contributed by atoms with Crippen LogP contribution >= 0.6 is 0 Å². The van der Waals surface area contributed by atoms with Gasteiger partial charge in [0, 0.05) is 0 Å². The van der Waals surface area contributed by atoms with E-state index in [0.717, 1.165) is 22.0 Å². The van der Waals surface area contributed by atoms with Crippen LogP contribution in [0.15, 0.2) is 97.1 Å². The van der Waals surface area contributed by atoms with Crippen molar-refractivity contribution in [3.8, 4) is 5.75 Å². The zero-order chi connectivity index (χ0) is 23.9. The largest absolute Gasteiger partial charge is 0.494 e. The number of carbonyl (C=O) groups excluding carboxylic acids is 2. The Morgan fingerprint density at radius 1 is 0.771 bits per heavy atom. The molecule has 6 nitrogen and oxygen atoms in total. The summed E-state index contributed by atoms with van der Waals surface area (Å²) in [5, 5.41) is 3.84. The molecule has 0 aromatic heterocycles. The van der Waals surface area contributed by atoms with Crippen molar-refractivity contribution in [2.24, 2.45) is 5.92 Å². The van der Waals surface area contributed by atoms with Crippen LogP contribution in [0.5, 0.6) is 5.75 Å². The van der Waals surface area contributed by atoms with E-state index in [1.807, 2.05) is 79.7 Å². The number of ether oxygens (including phenoxy) is 1. The minimum absolute atomic E-state index is 0.263. The highest BCUT2D eigenvalue weighted by Gasteiger charge is 2.60. The molecule has 2 aliphatic heterocycles. The molecule has 0 aliphatic carbocycles.